The molecule has 0 saturated heterocycles. The molecule has 0 aliphatic carbocycles. The van der Waals surface area contributed by atoms with Gasteiger partial charge in [0.15, 0.2) is 11.5 Å². The average Bonchev–Trinajstić information content (AvgIpc) is 2.88. The zero-order valence-corrected chi connectivity index (χ0v) is 20.0. The second kappa shape index (κ2) is 13.4. The quantitative estimate of drug-likeness (QED) is 0.327. The first-order valence-corrected chi connectivity index (χ1v) is 10.7. The fourth-order valence-electron chi connectivity index (χ4n) is 3.07. The zero-order valence-electron chi connectivity index (χ0n) is 20.0. The van der Waals surface area contributed by atoms with E-state index >= 15 is 0 Å². The lowest BCUT2D eigenvalue weighted by atomic mass is 10.0. The van der Waals surface area contributed by atoms with E-state index in [0.29, 0.717) is 22.6 Å². The van der Waals surface area contributed by atoms with Crippen LogP contribution in [0.2, 0.25) is 0 Å². The molecule has 2 aromatic rings. The molecule has 10 nitrogen and oxygen atoms in total. The number of carbonyl (C=O) groups excluding carboxylic acids is 4. The zero-order chi connectivity index (χ0) is 25.8. The van der Waals surface area contributed by atoms with E-state index in [-0.39, 0.29) is 25.0 Å². The monoisotopic (exact) mass is 483 g/mol. The molecule has 0 spiro atoms. The van der Waals surface area contributed by atoms with Crippen LogP contribution in [-0.4, -0.2) is 51.6 Å². The number of methoxy groups -OCH3 is 3. The van der Waals surface area contributed by atoms with Crippen LogP contribution in [0.4, 0.5) is 0 Å². The molecule has 0 fully saturated rings. The van der Waals surface area contributed by atoms with E-state index in [1.807, 2.05) is 13.0 Å². The fraction of sp³-hybridized carbons (Fsp3) is 0.280. The molecule has 2 rings (SSSR count). The maximum atomic E-state index is 13.0. The Morgan fingerprint density at radius 3 is 2.31 bits per heavy atom. The normalized spacial score (nSPS) is 11.3. The minimum Gasteiger partial charge on any atom is -0.493 e. The van der Waals surface area contributed by atoms with Crippen LogP contribution in [-0.2, 0) is 25.7 Å². The first-order valence-electron chi connectivity index (χ1n) is 10.7. The Balaban J connectivity index is 1.96. The highest BCUT2D eigenvalue weighted by Gasteiger charge is 2.16. The van der Waals surface area contributed by atoms with Gasteiger partial charge in [0.25, 0.3) is 5.91 Å². The lowest BCUT2D eigenvalue weighted by molar-refractivity contribution is -0.135. The van der Waals surface area contributed by atoms with Gasteiger partial charge in [0, 0.05) is 24.3 Å². The molecule has 0 radical (unpaired) electrons. The van der Waals surface area contributed by atoms with E-state index in [2.05, 4.69) is 20.7 Å². The van der Waals surface area contributed by atoms with Crippen molar-refractivity contribution in [2.24, 2.45) is 0 Å². The maximum absolute atomic E-state index is 13.0. The average molecular weight is 484 g/mol. The van der Waals surface area contributed by atoms with E-state index < -0.39 is 17.8 Å². The number of hydrogen-bond acceptors (Lipinski definition) is 7. The Kier molecular flexibility index (Phi) is 10.3. The number of benzene rings is 2. The SMILES string of the molecule is COC(=O)/C=C/C(=O)NCC(=O)NCc1ccccc1C(=O)N[C@H](C)c1ccc(OC)c(OC)c1. The molecular formula is C25H29N3O7. The van der Waals surface area contributed by atoms with Gasteiger partial charge in [-0.05, 0) is 36.2 Å². The Morgan fingerprint density at radius 2 is 1.63 bits per heavy atom. The predicted octanol–water partition coefficient (Wildman–Crippen LogP) is 1.66. The van der Waals surface area contributed by atoms with E-state index in [1.165, 1.54) is 7.11 Å². The summed E-state index contributed by atoms with van der Waals surface area (Å²) in [5.41, 5.74) is 1.85. The summed E-state index contributed by atoms with van der Waals surface area (Å²) in [7, 11) is 4.28. The van der Waals surface area contributed by atoms with Crippen LogP contribution < -0.4 is 25.4 Å². The van der Waals surface area contributed by atoms with Crippen LogP contribution >= 0.6 is 0 Å². The van der Waals surface area contributed by atoms with Crippen molar-refractivity contribution < 1.29 is 33.4 Å². The molecule has 3 amide bonds. The highest BCUT2D eigenvalue weighted by Crippen LogP contribution is 2.30. The fourth-order valence-corrected chi connectivity index (χ4v) is 3.07. The standard InChI is InChI=1S/C25H29N3O7/c1-16(17-9-10-20(33-2)21(13-17)34-3)28-25(32)19-8-6-5-7-18(19)14-26-23(30)15-27-22(29)11-12-24(31)35-4/h5-13,16H,14-15H2,1-4H3,(H,26,30)(H,27,29)(H,28,32)/b12-11+/t16-/m1/s1. The number of rotatable bonds is 11. The summed E-state index contributed by atoms with van der Waals surface area (Å²) in [6, 6.07) is 12.0. The third-order valence-corrected chi connectivity index (χ3v) is 4.99. The second-order valence-electron chi connectivity index (χ2n) is 7.32. The van der Waals surface area contributed by atoms with Gasteiger partial charge in [-0.3, -0.25) is 14.4 Å². The molecule has 0 aromatic heterocycles. The number of ether oxygens (including phenoxy) is 3. The molecule has 0 saturated carbocycles. The van der Waals surface area contributed by atoms with Crippen molar-refractivity contribution in [3.8, 4) is 11.5 Å². The third-order valence-electron chi connectivity index (χ3n) is 4.99. The van der Waals surface area contributed by atoms with Crippen molar-refractivity contribution in [1.29, 1.82) is 0 Å². The molecular weight excluding hydrogens is 454 g/mol. The summed E-state index contributed by atoms with van der Waals surface area (Å²) < 4.78 is 15.0. The van der Waals surface area contributed by atoms with Gasteiger partial charge >= 0.3 is 5.97 Å². The number of hydrogen-bond donors (Lipinski definition) is 3. The first-order chi connectivity index (χ1) is 16.8. The van der Waals surface area contributed by atoms with E-state index in [0.717, 1.165) is 17.7 Å². The molecule has 10 heteroatoms. The van der Waals surface area contributed by atoms with Gasteiger partial charge in [0.05, 0.1) is 33.9 Å². The predicted molar refractivity (Wildman–Crippen MR) is 128 cm³/mol. The highest BCUT2D eigenvalue weighted by atomic mass is 16.5. The molecule has 1 atom stereocenters. The number of nitrogens with one attached hydrogen (secondary N) is 3. The molecule has 0 unspecified atom stereocenters. The van der Waals surface area contributed by atoms with Gasteiger partial charge in [-0.1, -0.05) is 24.3 Å². The Labute approximate surface area is 203 Å². The van der Waals surface area contributed by atoms with Gasteiger partial charge in [0.1, 0.15) is 0 Å². The van der Waals surface area contributed by atoms with Crippen molar-refractivity contribution in [2.45, 2.75) is 19.5 Å². The lowest BCUT2D eigenvalue weighted by Crippen LogP contribution is -2.36. The Hall–Kier alpha value is -4.34. The highest BCUT2D eigenvalue weighted by molar-refractivity contribution is 5.97. The summed E-state index contributed by atoms with van der Waals surface area (Å²) in [5.74, 6) is -0.917. The topological polar surface area (TPSA) is 132 Å². The van der Waals surface area contributed by atoms with Crippen LogP contribution in [0, 0.1) is 0 Å². The number of esters is 1. The molecule has 35 heavy (non-hydrogen) atoms. The van der Waals surface area contributed by atoms with E-state index in [1.54, 1.807) is 50.6 Å². The van der Waals surface area contributed by atoms with Crippen LogP contribution in [0.5, 0.6) is 11.5 Å². The van der Waals surface area contributed by atoms with Crippen molar-refractivity contribution in [3.63, 3.8) is 0 Å². The summed E-state index contributed by atoms with van der Waals surface area (Å²) in [4.78, 5) is 47.7. The molecule has 0 aliphatic rings. The summed E-state index contributed by atoms with van der Waals surface area (Å²) in [6.45, 7) is 1.64. The first kappa shape index (κ1) is 26.9. The van der Waals surface area contributed by atoms with Crippen LogP contribution in [0.3, 0.4) is 0 Å². The molecule has 2 aromatic carbocycles. The van der Waals surface area contributed by atoms with Crippen LogP contribution in [0.15, 0.2) is 54.6 Å². The number of amides is 3. The second-order valence-corrected chi connectivity index (χ2v) is 7.32. The Morgan fingerprint density at radius 1 is 0.914 bits per heavy atom. The van der Waals surface area contributed by atoms with Crippen molar-refractivity contribution in [3.05, 3.63) is 71.3 Å². The van der Waals surface area contributed by atoms with Crippen LogP contribution in [0.1, 0.15) is 34.5 Å². The molecule has 0 bridgehead atoms. The van der Waals surface area contributed by atoms with E-state index in [4.69, 9.17) is 9.47 Å². The molecule has 3 N–H and O–H groups in total. The van der Waals surface area contributed by atoms with Gasteiger partial charge in [-0.25, -0.2) is 4.79 Å². The smallest absolute Gasteiger partial charge is 0.330 e. The molecule has 0 aliphatic heterocycles. The van der Waals surface area contributed by atoms with Crippen molar-refractivity contribution in [1.82, 2.24) is 16.0 Å². The largest absolute Gasteiger partial charge is 0.493 e. The minimum absolute atomic E-state index is 0.0844. The Bertz CT molecular complexity index is 1100. The minimum atomic E-state index is -0.681. The van der Waals surface area contributed by atoms with Gasteiger partial charge in [0.2, 0.25) is 11.8 Å². The summed E-state index contributed by atoms with van der Waals surface area (Å²) in [6.07, 6.45) is 1.92. The maximum Gasteiger partial charge on any atom is 0.330 e. The van der Waals surface area contributed by atoms with E-state index in [9.17, 15) is 19.2 Å². The third kappa shape index (κ3) is 8.18. The summed E-state index contributed by atoms with van der Waals surface area (Å²) >= 11 is 0. The molecule has 0 heterocycles. The van der Waals surface area contributed by atoms with Crippen LogP contribution in [0.25, 0.3) is 0 Å². The van der Waals surface area contributed by atoms with Gasteiger partial charge < -0.3 is 30.2 Å². The van der Waals surface area contributed by atoms with Gasteiger partial charge in [-0.15, -0.1) is 0 Å². The molecule has 186 valence electrons. The van der Waals surface area contributed by atoms with Crippen molar-refractivity contribution >= 4 is 23.7 Å². The van der Waals surface area contributed by atoms with Gasteiger partial charge in [-0.2, -0.15) is 0 Å². The lowest BCUT2D eigenvalue weighted by Gasteiger charge is -2.18. The number of carbonyl (C=O) groups is 4. The summed E-state index contributed by atoms with van der Waals surface area (Å²) in [5, 5.41) is 7.96. The van der Waals surface area contributed by atoms with Crippen molar-refractivity contribution in [2.75, 3.05) is 27.9 Å².